The van der Waals surface area contributed by atoms with E-state index < -0.39 is 10.0 Å². The first-order chi connectivity index (χ1) is 9.59. The Balaban J connectivity index is 2.28. The molecule has 0 unspecified atom stereocenters. The number of hydrazine groups is 1. The van der Waals surface area contributed by atoms with Gasteiger partial charge < -0.3 is 10.5 Å². The molecule has 1 aromatic rings. The molecule has 2 rings (SSSR count). The van der Waals surface area contributed by atoms with Gasteiger partial charge in [0.2, 0.25) is 10.0 Å². The molecule has 0 aliphatic heterocycles. The topological polar surface area (TPSA) is 95.7 Å². The summed E-state index contributed by atoms with van der Waals surface area (Å²) in [7, 11) is -3.57. The van der Waals surface area contributed by atoms with Gasteiger partial charge in [0.15, 0.2) is 0 Å². The fourth-order valence-corrected chi connectivity index (χ4v) is 4.32. The molecular weight excluding hydrogens is 278 g/mol. The lowest BCUT2D eigenvalue weighted by atomic mass is 10.2. The minimum atomic E-state index is -3.57. The van der Waals surface area contributed by atoms with Crippen molar-refractivity contribution in [2.45, 2.75) is 36.6 Å². The molecule has 0 spiro atoms. The van der Waals surface area contributed by atoms with E-state index in [1.807, 2.05) is 0 Å². The molecule has 0 atom stereocenters. The Morgan fingerprint density at radius 1 is 1.25 bits per heavy atom. The van der Waals surface area contributed by atoms with Gasteiger partial charge in [-0.3, -0.25) is 5.84 Å². The average Bonchev–Trinajstić information content (AvgIpc) is 2.98. The third kappa shape index (κ3) is 3.12. The second kappa shape index (κ2) is 6.53. The maximum atomic E-state index is 12.7. The molecule has 20 heavy (non-hydrogen) atoms. The zero-order chi connectivity index (χ0) is 14.6. The van der Waals surface area contributed by atoms with E-state index in [4.69, 9.17) is 10.9 Å². The number of aliphatic hydroxyl groups is 1. The Hall–Kier alpha value is -1.15. The summed E-state index contributed by atoms with van der Waals surface area (Å²) in [5, 5.41) is 9.16. The first-order valence-electron chi connectivity index (χ1n) is 6.79. The van der Waals surface area contributed by atoms with Crippen molar-refractivity contribution in [1.29, 1.82) is 0 Å². The standard InChI is InChI=1S/C13H21N3O3S/c14-15-11-5-7-13(8-6-11)20(18,19)16(9-10-17)12-3-1-2-4-12/h5-8,12,15,17H,1-4,9-10,14H2. The Labute approximate surface area is 119 Å². The van der Waals surface area contributed by atoms with Crippen LogP contribution in [0.4, 0.5) is 5.69 Å². The van der Waals surface area contributed by atoms with E-state index in [-0.39, 0.29) is 24.1 Å². The smallest absolute Gasteiger partial charge is 0.243 e. The lowest BCUT2D eigenvalue weighted by molar-refractivity contribution is 0.226. The van der Waals surface area contributed by atoms with Gasteiger partial charge in [-0.25, -0.2) is 8.42 Å². The van der Waals surface area contributed by atoms with Crippen LogP contribution in [-0.4, -0.2) is 37.0 Å². The number of nitrogen functional groups attached to an aromatic ring is 1. The zero-order valence-corrected chi connectivity index (χ0v) is 12.1. The van der Waals surface area contributed by atoms with E-state index >= 15 is 0 Å². The fraction of sp³-hybridized carbons (Fsp3) is 0.538. The monoisotopic (exact) mass is 299 g/mol. The Morgan fingerprint density at radius 2 is 1.85 bits per heavy atom. The van der Waals surface area contributed by atoms with E-state index in [1.165, 1.54) is 16.4 Å². The lowest BCUT2D eigenvalue weighted by Gasteiger charge is -2.27. The predicted octanol–water partition coefficient (Wildman–Crippen LogP) is 0.898. The summed E-state index contributed by atoms with van der Waals surface area (Å²) in [5.74, 6) is 5.27. The van der Waals surface area contributed by atoms with Crippen molar-refractivity contribution in [3.63, 3.8) is 0 Å². The molecule has 1 aliphatic carbocycles. The van der Waals surface area contributed by atoms with Crippen LogP contribution in [0.3, 0.4) is 0 Å². The molecule has 0 saturated heterocycles. The van der Waals surface area contributed by atoms with Crippen LogP contribution in [0.2, 0.25) is 0 Å². The SMILES string of the molecule is NNc1ccc(S(=O)(=O)N(CCO)C2CCCC2)cc1. The highest BCUT2D eigenvalue weighted by atomic mass is 32.2. The summed E-state index contributed by atoms with van der Waals surface area (Å²) in [5.41, 5.74) is 3.12. The predicted molar refractivity (Wildman–Crippen MR) is 77.5 cm³/mol. The van der Waals surface area contributed by atoms with Crippen molar-refractivity contribution in [1.82, 2.24) is 4.31 Å². The second-order valence-corrected chi connectivity index (χ2v) is 6.84. The number of anilines is 1. The molecule has 1 aromatic carbocycles. The van der Waals surface area contributed by atoms with Crippen molar-refractivity contribution in [2.24, 2.45) is 5.84 Å². The molecule has 7 heteroatoms. The van der Waals surface area contributed by atoms with Gasteiger partial charge >= 0.3 is 0 Å². The molecule has 0 bridgehead atoms. The van der Waals surface area contributed by atoms with Gasteiger partial charge in [0.1, 0.15) is 0 Å². The van der Waals surface area contributed by atoms with Crippen LogP contribution in [0, 0.1) is 0 Å². The number of benzene rings is 1. The maximum absolute atomic E-state index is 12.7. The number of hydrogen-bond donors (Lipinski definition) is 3. The first kappa shape index (κ1) is 15.2. The van der Waals surface area contributed by atoms with Crippen molar-refractivity contribution < 1.29 is 13.5 Å². The van der Waals surface area contributed by atoms with Crippen LogP contribution in [0.25, 0.3) is 0 Å². The summed E-state index contributed by atoms with van der Waals surface area (Å²) in [6.07, 6.45) is 3.81. The molecule has 6 nitrogen and oxygen atoms in total. The van der Waals surface area contributed by atoms with Crippen LogP contribution in [0.1, 0.15) is 25.7 Å². The van der Waals surface area contributed by atoms with Crippen LogP contribution < -0.4 is 11.3 Å². The van der Waals surface area contributed by atoms with Gasteiger partial charge in [-0.2, -0.15) is 4.31 Å². The van der Waals surface area contributed by atoms with E-state index in [1.54, 1.807) is 12.1 Å². The summed E-state index contributed by atoms with van der Waals surface area (Å²) in [6.45, 7) is -0.0257. The number of sulfonamides is 1. The quantitative estimate of drug-likeness (QED) is 0.536. The van der Waals surface area contributed by atoms with E-state index in [9.17, 15) is 8.42 Å². The van der Waals surface area contributed by atoms with Crippen LogP contribution in [0.5, 0.6) is 0 Å². The number of hydrogen-bond acceptors (Lipinski definition) is 5. The van der Waals surface area contributed by atoms with Crippen LogP contribution in [-0.2, 0) is 10.0 Å². The molecule has 1 aliphatic rings. The highest BCUT2D eigenvalue weighted by Crippen LogP contribution is 2.28. The molecule has 112 valence electrons. The third-order valence-electron chi connectivity index (χ3n) is 3.68. The molecule has 1 fully saturated rings. The van der Waals surface area contributed by atoms with Gasteiger partial charge in [0, 0.05) is 18.3 Å². The van der Waals surface area contributed by atoms with Crippen molar-refractivity contribution in [3.05, 3.63) is 24.3 Å². The molecule has 0 heterocycles. The van der Waals surface area contributed by atoms with Gasteiger partial charge in [0.25, 0.3) is 0 Å². The first-order valence-corrected chi connectivity index (χ1v) is 8.23. The molecule has 4 N–H and O–H groups in total. The fourth-order valence-electron chi connectivity index (χ4n) is 2.65. The van der Waals surface area contributed by atoms with Crippen molar-refractivity contribution in [3.8, 4) is 0 Å². The highest BCUT2D eigenvalue weighted by Gasteiger charge is 2.32. The maximum Gasteiger partial charge on any atom is 0.243 e. The highest BCUT2D eigenvalue weighted by molar-refractivity contribution is 7.89. The third-order valence-corrected chi connectivity index (χ3v) is 5.65. The number of nitrogens with one attached hydrogen (secondary N) is 1. The van der Waals surface area contributed by atoms with Gasteiger partial charge in [0.05, 0.1) is 11.5 Å². The molecule has 1 saturated carbocycles. The Bertz CT molecular complexity index is 524. The summed E-state index contributed by atoms with van der Waals surface area (Å²) < 4.78 is 26.8. The van der Waals surface area contributed by atoms with Gasteiger partial charge in [-0.1, -0.05) is 12.8 Å². The summed E-state index contributed by atoms with van der Waals surface area (Å²) in [6, 6.07) is 6.31. The number of nitrogens with zero attached hydrogens (tertiary/aromatic N) is 1. The minimum Gasteiger partial charge on any atom is -0.395 e. The van der Waals surface area contributed by atoms with Crippen molar-refractivity contribution >= 4 is 15.7 Å². The van der Waals surface area contributed by atoms with Gasteiger partial charge in [-0.15, -0.1) is 0 Å². The van der Waals surface area contributed by atoms with Crippen LogP contribution >= 0.6 is 0 Å². The zero-order valence-electron chi connectivity index (χ0n) is 11.3. The number of nitrogens with two attached hydrogens (primary N) is 1. The lowest BCUT2D eigenvalue weighted by Crippen LogP contribution is -2.40. The number of aliphatic hydroxyl groups excluding tert-OH is 1. The molecule has 0 amide bonds. The molecule has 0 radical (unpaired) electrons. The van der Waals surface area contributed by atoms with Crippen LogP contribution in [0.15, 0.2) is 29.2 Å². The van der Waals surface area contributed by atoms with E-state index in [2.05, 4.69) is 5.43 Å². The number of rotatable bonds is 6. The average molecular weight is 299 g/mol. The Morgan fingerprint density at radius 3 is 2.35 bits per heavy atom. The van der Waals surface area contributed by atoms with Gasteiger partial charge in [-0.05, 0) is 37.1 Å². The van der Waals surface area contributed by atoms with E-state index in [0.717, 1.165) is 25.7 Å². The molecule has 0 aromatic heterocycles. The summed E-state index contributed by atoms with van der Waals surface area (Å²) in [4.78, 5) is 0.233. The second-order valence-electron chi connectivity index (χ2n) is 4.95. The summed E-state index contributed by atoms with van der Waals surface area (Å²) >= 11 is 0. The van der Waals surface area contributed by atoms with Crippen molar-refractivity contribution in [2.75, 3.05) is 18.6 Å². The largest absolute Gasteiger partial charge is 0.395 e. The van der Waals surface area contributed by atoms with E-state index in [0.29, 0.717) is 5.69 Å². The minimum absolute atomic E-state index is 0.000500. The molecular formula is C13H21N3O3S. The Kier molecular flexibility index (Phi) is 4.98. The normalized spacial score (nSPS) is 16.8.